The number of carbonyl (C=O) groups is 1. The number of hydrogen-bond acceptors (Lipinski definition) is 5. The van der Waals surface area contributed by atoms with Crippen molar-refractivity contribution in [3.8, 4) is 0 Å². The van der Waals surface area contributed by atoms with E-state index in [1.807, 2.05) is 24.0 Å². The van der Waals surface area contributed by atoms with E-state index in [-0.39, 0.29) is 16.6 Å². The quantitative estimate of drug-likeness (QED) is 0.868. The zero-order chi connectivity index (χ0) is 19.6. The van der Waals surface area contributed by atoms with E-state index in [0.29, 0.717) is 18.7 Å². The fourth-order valence-corrected chi connectivity index (χ4v) is 4.44. The van der Waals surface area contributed by atoms with Crippen molar-refractivity contribution in [2.45, 2.75) is 25.7 Å². The summed E-state index contributed by atoms with van der Waals surface area (Å²) in [6.45, 7) is 8.02. The molecule has 27 heavy (non-hydrogen) atoms. The number of amides is 1. The average Bonchev–Trinajstić information content (AvgIpc) is 2.64. The van der Waals surface area contributed by atoms with Gasteiger partial charge >= 0.3 is 0 Å². The molecule has 2 heterocycles. The Morgan fingerprint density at radius 1 is 1.07 bits per heavy atom. The summed E-state index contributed by atoms with van der Waals surface area (Å²) >= 11 is 0. The van der Waals surface area contributed by atoms with Crippen LogP contribution in [0.15, 0.2) is 41.4 Å². The van der Waals surface area contributed by atoms with Gasteiger partial charge in [-0.15, -0.1) is 0 Å². The van der Waals surface area contributed by atoms with Crippen molar-refractivity contribution in [2.24, 2.45) is 0 Å². The molecule has 1 amide bonds. The maximum absolute atomic E-state index is 12.7. The van der Waals surface area contributed by atoms with Crippen LogP contribution in [0.3, 0.4) is 0 Å². The van der Waals surface area contributed by atoms with Crippen LogP contribution in [0.1, 0.15) is 18.1 Å². The number of sulfonamides is 1. The molecule has 0 radical (unpaired) electrons. The first-order valence-electron chi connectivity index (χ1n) is 8.83. The van der Waals surface area contributed by atoms with Crippen molar-refractivity contribution >= 4 is 27.4 Å². The standard InChI is InChI=1S/C19H24N4O3S/c1-14-4-5-15(2)18(12-14)27(25,26)21-19-7-6-17(13-20-19)23-10-8-22(9-11-23)16(3)24/h4-7,12-13H,8-11H2,1-3H3,(H,20,21). The molecule has 0 spiro atoms. The number of nitrogens with one attached hydrogen (secondary N) is 1. The maximum Gasteiger partial charge on any atom is 0.263 e. The number of anilines is 2. The second-order valence-electron chi connectivity index (χ2n) is 6.77. The summed E-state index contributed by atoms with van der Waals surface area (Å²) in [5, 5.41) is 0. The van der Waals surface area contributed by atoms with E-state index in [2.05, 4.69) is 14.6 Å². The Bertz CT molecular complexity index is 934. The lowest BCUT2D eigenvalue weighted by molar-refractivity contribution is -0.129. The molecular formula is C19H24N4O3S. The molecule has 144 valence electrons. The molecule has 0 aliphatic carbocycles. The van der Waals surface area contributed by atoms with Gasteiger partial charge in [-0.3, -0.25) is 9.52 Å². The number of rotatable bonds is 4. The number of nitrogens with zero attached hydrogens (tertiary/aromatic N) is 3. The number of hydrogen-bond donors (Lipinski definition) is 1. The third kappa shape index (κ3) is 4.39. The highest BCUT2D eigenvalue weighted by atomic mass is 32.2. The van der Waals surface area contributed by atoms with Crippen LogP contribution in [0, 0.1) is 13.8 Å². The molecule has 1 aliphatic heterocycles. The minimum atomic E-state index is -3.69. The number of pyridine rings is 1. The SMILES string of the molecule is CC(=O)N1CCN(c2ccc(NS(=O)(=O)c3cc(C)ccc3C)nc2)CC1. The normalized spacial score (nSPS) is 14.9. The summed E-state index contributed by atoms with van der Waals surface area (Å²) < 4.78 is 27.9. The highest BCUT2D eigenvalue weighted by molar-refractivity contribution is 7.92. The van der Waals surface area contributed by atoms with Crippen LogP contribution in [0.2, 0.25) is 0 Å². The summed E-state index contributed by atoms with van der Waals surface area (Å²) in [6.07, 6.45) is 1.66. The first-order chi connectivity index (χ1) is 12.8. The molecule has 1 N–H and O–H groups in total. The monoisotopic (exact) mass is 388 g/mol. The third-order valence-corrected chi connectivity index (χ3v) is 6.21. The summed E-state index contributed by atoms with van der Waals surface area (Å²) in [7, 11) is -3.69. The van der Waals surface area contributed by atoms with Gasteiger partial charge in [0.2, 0.25) is 5.91 Å². The summed E-state index contributed by atoms with van der Waals surface area (Å²) in [5.74, 6) is 0.367. The van der Waals surface area contributed by atoms with Crippen LogP contribution >= 0.6 is 0 Å². The lowest BCUT2D eigenvalue weighted by Gasteiger charge is -2.35. The molecule has 1 aromatic heterocycles. The smallest absolute Gasteiger partial charge is 0.263 e. The fraction of sp³-hybridized carbons (Fsp3) is 0.368. The number of carbonyl (C=O) groups excluding carboxylic acids is 1. The van der Waals surface area contributed by atoms with Crippen LogP contribution in [0.5, 0.6) is 0 Å². The second-order valence-corrected chi connectivity index (χ2v) is 8.42. The van der Waals surface area contributed by atoms with E-state index in [1.165, 1.54) is 0 Å². The predicted molar refractivity (Wildman–Crippen MR) is 105 cm³/mol. The predicted octanol–water partition coefficient (Wildman–Crippen LogP) is 2.17. The highest BCUT2D eigenvalue weighted by Gasteiger charge is 2.20. The van der Waals surface area contributed by atoms with Crippen molar-refractivity contribution < 1.29 is 13.2 Å². The van der Waals surface area contributed by atoms with Crippen molar-refractivity contribution in [2.75, 3.05) is 35.8 Å². The molecule has 8 heteroatoms. The van der Waals surface area contributed by atoms with Crippen LogP contribution in [-0.4, -0.2) is 50.4 Å². The lowest BCUT2D eigenvalue weighted by Crippen LogP contribution is -2.48. The van der Waals surface area contributed by atoms with Gasteiger partial charge in [0.05, 0.1) is 16.8 Å². The molecule has 1 aliphatic rings. The van der Waals surface area contributed by atoms with E-state index in [4.69, 9.17) is 0 Å². The fourth-order valence-electron chi connectivity index (χ4n) is 3.10. The van der Waals surface area contributed by atoms with Crippen molar-refractivity contribution in [1.82, 2.24) is 9.88 Å². The Hall–Kier alpha value is -2.61. The van der Waals surface area contributed by atoms with Crippen LogP contribution in [0.4, 0.5) is 11.5 Å². The van der Waals surface area contributed by atoms with Gasteiger partial charge in [0.25, 0.3) is 10.0 Å². The van der Waals surface area contributed by atoms with Gasteiger partial charge in [-0.2, -0.15) is 0 Å². The lowest BCUT2D eigenvalue weighted by atomic mass is 10.2. The van der Waals surface area contributed by atoms with E-state index >= 15 is 0 Å². The molecule has 0 bridgehead atoms. The van der Waals surface area contributed by atoms with Gasteiger partial charge in [-0.05, 0) is 43.2 Å². The number of aromatic nitrogens is 1. The third-order valence-electron chi connectivity index (χ3n) is 4.71. The minimum absolute atomic E-state index is 0.0870. The zero-order valence-corrected chi connectivity index (χ0v) is 16.6. The van der Waals surface area contributed by atoms with Gasteiger partial charge in [0, 0.05) is 33.1 Å². The minimum Gasteiger partial charge on any atom is -0.367 e. The Balaban J connectivity index is 1.71. The molecule has 0 saturated carbocycles. The molecule has 3 rings (SSSR count). The van der Waals surface area contributed by atoms with Gasteiger partial charge in [0.15, 0.2) is 0 Å². The first-order valence-corrected chi connectivity index (χ1v) is 10.3. The van der Waals surface area contributed by atoms with E-state index in [0.717, 1.165) is 24.3 Å². The molecule has 7 nitrogen and oxygen atoms in total. The Labute approximate surface area is 160 Å². The molecule has 1 saturated heterocycles. The Morgan fingerprint density at radius 3 is 2.37 bits per heavy atom. The van der Waals surface area contributed by atoms with E-state index in [1.54, 1.807) is 38.2 Å². The summed E-state index contributed by atoms with van der Waals surface area (Å²) in [5.41, 5.74) is 2.48. The summed E-state index contributed by atoms with van der Waals surface area (Å²) in [4.78, 5) is 19.9. The molecule has 2 aromatic rings. The molecular weight excluding hydrogens is 364 g/mol. The molecule has 1 aromatic carbocycles. The van der Waals surface area contributed by atoms with Gasteiger partial charge in [-0.1, -0.05) is 12.1 Å². The second kappa shape index (κ2) is 7.56. The maximum atomic E-state index is 12.7. The molecule has 0 unspecified atom stereocenters. The van der Waals surface area contributed by atoms with Gasteiger partial charge < -0.3 is 9.80 Å². The molecule has 1 fully saturated rings. The highest BCUT2D eigenvalue weighted by Crippen LogP contribution is 2.22. The van der Waals surface area contributed by atoms with Crippen molar-refractivity contribution in [3.63, 3.8) is 0 Å². The Kier molecular flexibility index (Phi) is 5.36. The number of benzene rings is 1. The van der Waals surface area contributed by atoms with Gasteiger partial charge in [0.1, 0.15) is 5.82 Å². The average molecular weight is 388 g/mol. The number of piperazine rings is 1. The van der Waals surface area contributed by atoms with E-state index < -0.39 is 10.0 Å². The van der Waals surface area contributed by atoms with Gasteiger partial charge in [-0.25, -0.2) is 13.4 Å². The van der Waals surface area contributed by atoms with Crippen LogP contribution in [-0.2, 0) is 14.8 Å². The largest absolute Gasteiger partial charge is 0.367 e. The van der Waals surface area contributed by atoms with E-state index in [9.17, 15) is 13.2 Å². The molecule has 0 atom stereocenters. The first kappa shape index (κ1) is 19.2. The summed E-state index contributed by atoms with van der Waals surface area (Å²) in [6, 6.07) is 8.83. The van der Waals surface area contributed by atoms with Crippen molar-refractivity contribution in [1.29, 1.82) is 0 Å². The topological polar surface area (TPSA) is 82.6 Å². The van der Waals surface area contributed by atoms with Crippen molar-refractivity contribution in [3.05, 3.63) is 47.7 Å². The Morgan fingerprint density at radius 2 is 1.78 bits per heavy atom. The zero-order valence-electron chi connectivity index (χ0n) is 15.8. The van der Waals surface area contributed by atoms with Crippen LogP contribution in [0.25, 0.3) is 0 Å². The van der Waals surface area contributed by atoms with Crippen LogP contribution < -0.4 is 9.62 Å². The number of aryl methyl sites for hydroxylation is 2.